The molecule has 0 spiro atoms. The Bertz CT molecular complexity index is 655. The fourth-order valence-corrected chi connectivity index (χ4v) is 2.82. The van der Waals surface area contributed by atoms with E-state index in [4.69, 9.17) is 0 Å². The van der Waals surface area contributed by atoms with Crippen molar-refractivity contribution < 1.29 is 4.79 Å². The van der Waals surface area contributed by atoms with E-state index in [1.54, 1.807) is 10.7 Å². The standard InChI is InChI=1S/C14H17N5O/c20-14(18-7-3-8-18)11-10-15-19-9-4-12(16-13(11)19)17-5-1-2-6-17/h4,9-10H,1-3,5-8H2. The molecule has 0 aliphatic carbocycles. The second-order valence-electron chi connectivity index (χ2n) is 5.45. The van der Waals surface area contributed by atoms with Gasteiger partial charge >= 0.3 is 0 Å². The lowest BCUT2D eigenvalue weighted by Crippen LogP contribution is -2.42. The SMILES string of the molecule is O=C(c1cnn2ccc(N3CCCC3)nc12)N1CCC1. The van der Waals surface area contributed by atoms with Gasteiger partial charge in [0.2, 0.25) is 0 Å². The molecule has 104 valence electrons. The van der Waals surface area contributed by atoms with Crippen LogP contribution in [0.5, 0.6) is 0 Å². The molecule has 2 fully saturated rings. The van der Waals surface area contributed by atoms with Gasteiger partial charge in [-0.15, -0.1) is 0 Å². The van der Waals surface area contributed by atoms with E-state index in [1.165, 1.54) is 12.8 Å². The van der Waals surface area contributed by atoms with Crippen LogP contribution < -0.4 is 4.90 Å². The van der Waals surface area contributed by atoms with E-state index in [9.17, 15) is 4.79 Å². The summed E-state index contributed by atoms with van der Waals surface area (Å²) in [5.74, 6) is 1.01. The summed E-state index contributed by atoms with van der Waals surface area (Å²) >= 11 is 0. The molecule has 2 saturated heterocycles. The number of amides is 1. The molecule has 0 bridgehead atoms. The highest BCUT2D eigenvalue weighted by Crippen LogP contribution is 2.21. The lowest BCUT2D eigenvalue weighted by Gasteiger charge is -2.30. The van der Waals surface area contributed by atoms with Crippen LogP contribution in [0.1, 0.15) is 29.6 Å². The molecular formula is C14H17N5O. The van der Waals surface area contributed by atoms with Gasteiger partial charge in [0.25, 0.3) is 5.91 Å². The Morgan fingerprint density at radius 2 is 1.90 bits per heavy atom. The molecule has 0 unspecified atom stereocenters. The summed E-state index contributed by atoms with van der Waals surface area (Å²) in [6, 6.07) is 1.98. The minimum atomic E-state index is 0.0531. The fraction of sp³-hybridized carbons (Fsp3) is 0.500. The van der Waals surface area contributed by atoms with Gasteiger partial charge in [-0.2, -0.15) is 5.10 Å². The first kappa shape index (κ1) is 11.7. The molecular weight excluding hydrogens is 254 g/mol. The van der Waals surface area contributed by atoms with Crippen molar-refractivity contribution in [1.29, 1.82) is 0 Å². The number of hydrogen-bond donors (Lipinski definition) is 0. The van der Waals surface area contributed by atoms with Gasteiger partial charge in [0.15, 0.2) is 5.65 Å². The molecule has 0 aromatic carbocycles. The van der Waals surface area contributed by atoms with Crippen molar-refractivity contribution >= 4 is 17.4 Å². The smallest absolute Gasteiger partial charge is 0.259 e. The van der Waals surface area contributed by atoms with Gasteiger partial charge in [0.1, 0.15) is 11.4 Å². The zero-order valence-electron chi connectivity index (χ0n) is 11.3. The van der Waals surface area contributed by atoms with Crippen LogP contribution in [0.25, 0.3) is 5.65 Å². The van der Waals surface area contributed by atoms with E-state index in [-0.39, 0.29) is 5.91 Å². The molecule has 0 radical (unpaired) electrons. The molecule has 6 heteroatoms. The number of carbonyl (C=O) groups is 1. The predicted octanol–water partition coefficient (Wildman–Crippen LogP) is 1.18. The van der Waals surface area contributed by atoms with E-state index in [0.29, 0.717) is 11.2 Å². The van der Waals surface area contributed by atoms with Gasteiger partial charge in [-0.1, -0.05) is 0 Å². The van der Waals surface area contributed by atoms with Gasteiger partial charge in [0, 0.05) is 32.4 Å². The monoisotopic (exact) mass is 271 g/mol. The second-order valence-corrected chi connectivity index (χ2v) is 5.45. The summed E-state index contributed by atoms with van der Waals surface area (Å²) in [4.78, 5) is 21.1. The molecule has 1 amide bonds. The molecule has 6 nitrogen and oxygen atoms in total. The molecule has 2 aromatic rings. The molecule has 2 aliphatic heterocycles. The van der Waals surface area contributed by atoms with Crippen LogP contribution in [0.3, 0.4) is 0 Å². The summed E-state index contributed by atoms with van der Waals surface area (Å²) in [6.07, 6.45) is 7.05. The number of fused-ring (bicyclic) bond motifs is 1. The van der Waals surface area contributed by atoms with Crippen LogP contribution in [0, 0.1) is 0 Å². The van der Waals surface area contributed by atoms with Crippen LogP contribution in [-0.2, 0) is 0 Å². The number of nitrogens with zero attached hydrogens (tertiary/aromatic N) is 5. The summed E-state index contributed by atoms with van der Waals surface area (Å²) in [7, 11) is 0. The zero-order chi connectivity index (χ0) is 13.5. The molecule has 2 aromatic heterocycles. The highest BCUT2D eigenvalue weighted by Gasteiger charge is 2.25. The molecule has 20 heavy (non-hydrogen) atoms. The number of carbonyl (C=O) groups excluding carboxylic acids is 1. The normalized spacial score (nSPS) is 18.6. The first-order chi connectivity index (χ1) is 9.83. The summed E-state index contributed by atoms with van der Waals surface area (Å²) in [5.41, 5.74) is 1.29. The Kier molecular flexibility index (Phi) is 2.61. The van der Waals surface area contributed by atoms with Gasteiger partial charge in [-0.05, 0) is 25.3 Å². The van der Waals surface area contributed by atoms with Gasteiger partial charge < -0.3 is 9.80 Å². The molecule has 4 heterocycles. The number of anilines is 1. The third kappa shape index (κ3) is 1.75. The fourth-order valence-electron chi connectivity index (χ4n) is 2.82. The largest absolute Gasteiger partial charge is 0.357 e. The summed E-state index contributed by atoms with van der Waals surface area (Å²) in [6.45, 7) is 3.80. The average Bonchev–Trinajstić information content (AvgIpc) is 3.05. The second kappa shape index (κ2) is 4.47. The maximum absolute atomic E-state index is 12.4. The zero-order valence-corrected chi connectivity index (χ0v) is 11.3. The van der Waals surface area contributed by atoms with Crippen molar-refractivity contribution in [2.75, 3.05) is 31.1 Å². The quantitative estimate of drug-likeness (QED) is 0.823. The Balaban J connectivity index is 1.73. The number of aromatic nitrogens is 3. The maximum Gasteiger partial charge on any atom is 0.259 e. The molecule has 4 rings (SSSR count). The predicted molar refractivity (Wildman–Crippen MR) is 75.0 cm³/mol. The third-order valence-electron chi connectivity index (χ3n) is 4.16. The van der Waals surface area contributed by atoms with Crippen molar-refractivity contribution in [1.82, 2.24) is 19.5 Å². The van der Waals surface area contributed by atoms with E-state index in [0.717, 1.165) is 38.4 Å². The van der Waals surface area contributed by atoms with E-state index in [2.05, 4.69) is 15.0 Å². The van der Waals surface area contributed by atoms with Crippen LogP contribution in [-0.4, -0.2) is 51.6 Å². The molecule has 0 atom stereocenters. The summed E-state index contributed by atoms with van der Waals surface area (Å²) < 4.78 is 1.69. The van der Waals surface area contributed by atoms with Crippen LogP contribution in [0.4, 0.5) is 5.82 Å². The Morgan fingerprint density at radius 1 is 1.10 bits per heavy atom. The highest BCUT2D eigenvalue weighted by molar-refractivity contribution is 6.00. The average molecular weight is 271 g/mol. The van der Waals surface area contributed by atoms with Crippen molar-refractivity contribution in [2.24, 2.45) is 0 Å². The Labute approximate surface area is 117 Å². The van der Waals surface area contributed by atoms with E-state index >= 15 is 0 Å². The van der Waals surface area contributed by atoms with Crippen molar-refractivity contribution in [2.45, 2.75) is 19.3 Å². The topological polar surface area (TPSA) is 53.7 Å². The highest BCUT2D eigenvalue weighted by atomic mass is 16.2. The molecule has 2 aliphatic rings. The lowest BCUT2D eigenvalue weighted by atomic mass is 10.2. The Hall–Kier alpha value is -2.11. The van der Waals surface area contributed by atoms with Gasteiger partial charge in [0.05, 0.1) is 6.20 Å². The van der Waals surface area contributed by atoms with Crippen molar-refractivity contribution in [3.8, 4) is 0 Å². The van der Waals surface area contributed by atoms with E-state index in [1.807, 2.05) is 17.2 Å². The van der Waals surface area contributed by atoms with Gasteiger partial charge in [-0.3, -0.25) is 4.79 Å². The third-order valence-corrected chi connectivity index (χ3v) is 4.16. The first-order valence-corrected chi connectivity index (χ1v) is 7.21. The van der Waals surface area contributed by atoms with Crippen molar-refractivity contribution in [3.63, 3.8) is 0 Å². The number of hydrogen-bond acceptors (Lipinski definition) is 4. The first-order valence-electron chi connectivity index (χ1n) is 7.21. The minimum Gasteiger partial charge on any atom is -0.357 e. The maximum atomic E-state index is 12.4. The summed E-state index contributed by atoms with van der Waals surface area (Å²) in [5, 5.41) is 4.24. The van der Waals surface area contributed by atoms with Gasteiger partial charge in [-0.25, -0.2) is 9.50 Å². The van der Waals surface area contributed by atoms with Crippen LogP contribution in [0.2, 0.25) is 0 Å². The number of rotatable bonds is 2. The van der Waals surface area contributed by atoms with E-state index < -0.39 is 0 Å². The lowest BCUT2D eigenvalue weighted by molar-refractivity contribution is 0.0653. The van der Waals surface area contributed by atoms with Crippen LogP contribution in [0.15, 0.2) is 18.5 Å². The molecule has 0 saturated carbocycles. The Morgan fingerprint density at radius 3 is 2.60 bits per heavy atom. The molecule has 0 N–H and O–H groups in total. The minimum absolute atomic E-state index is 0.0531. The number of likely N-dealkylation sites (tertiary alicyclic amines) is 1. The van der Waals surface area contributed by atoms with Crippen LogP contribution >= 0.6 is 0 Å². The van der Waals surface area contributed by atoms with Crippen molar-refractivity contribution in [3.05, 3.63) is 24.0 Å².